The smallest absolute Gasteiger partial charge is 0.410 e. The Morgan fingerprint density at radius 1 is 1.33 bits per heavy atom. The lowest BCUT2D eigenvalue weighted by Crippen LogP contribution is -2.39. The predicted octanol–water partition coefficient (Wildman–Crippen LogP) is 4.66. The number of piperidine rings is 1. The van der Waals surface area contributed by atoms with Gasteiger partial charge in [0.1, 0.15) is 11.8 Å². The number of hydrogen-bond donors (Lipinski definition) is 0. The number of rotatable bonds is 3. The quantitative estimate of drug-likeness (QED) is 0.546. The zero-order valence-corrected chi connectivity index (χ0v) is 16.9. The molecule has 0 saturated carbocycles. The predicted molar refractivity (Wildman–Crippen MR) is 106 cm³/mol. The van der Waals surface area contributed by atoms with E-state index in [1.54, 1.807) is 15.6 Å². The first kappa shape index (κ1) is 18.3. The number of hydrogen-bond acceptors (Lipinski definition) is 4. The fourth-order valence-corrected chi connectivity index (χ4v) is 3.90. The molecule has 4 rings (SSSR count). The topological polar surface area (TPSA) is 59.7 Å². The lowest BCUT2D eigenvalue weighted by Gasteiger charge is -2.31. The molecular formula is C19H18BrClN4O2. The molecule has 1 aromatic carbocycles. The summed E-state index contributed by atoms with van der Waals surface area (Å²) in [6.07, 6.45) is 3.23. The summed E-state index contributed by atoms with van der Waals surface area (Å²) in [7, 11) is 0. The van der Waals surface area contributed by atoms with Gasteiger partial charge >= 0.3 is 6.09 Å². The molecular weight excluding hydrogens is 432 g/mol. The van der Waals surface area contributed by atoms with Crippen molar-refractivity contribution in [3.63, 3.8) is 0 Å². The second-order valence-electron chi connectivity index (χ2n) is 6.56. The number of fused-ring (bicyclic) bond motifs is 1. The molecule has 27 heavy (non-hydrogen) atoms. The van der Waals surface area contributed by atoms with Crippen LogP contribution in [0.15, 0.2) is 47.1 Å². The van der Waals surface area contributed by atoms with Gasteiger partial charge in [-0.2, -0.15) is 5.10 Å². The van der Waals surface area contributed by atoms with Gasteiger partial charge in [-0.05, 0) is 40.4 Å². The van der Waals surface area contributed by atoms with Gasteiger partial charge in [0.15, 0.2) is 5.65 Å². The van der Waals surface area contributed by atoms with Crippen LogP contribution in [-0.2, 0) is 11.3 Å². The summed E-state index contributed by atoms with van der Waals surface area (Å²) in [5.41, 5.74) is 2.53. The molecule has 1 saturated heterocycles. The van der Waals surface area contributed by atoms with Gasteiger partial charge in [0.25, 0.3) is 0 Å². The van der Waals surface area contributed by atoms with Gasteiger partial charge in [0, 0.05) is 19.0 Å². The van der Waals surface area contributed by atoms with E-state index in [4.69, 9.17) is 21.3 Å². The molecule has 0 bridgehead atoms. The maximum atomic E-state index is 12.5. The van der Waals surface area contributed by atoms with E-state index in [9.17, 15) is 4.79 Å². The Labute approximate surface area is 170 Å². The molecule has 0 N–H and O–H groups in total. The highest BCUT2D eigenvalue weighted by Crippen LogP contribution is 2.29. The van der Waals surface area contributed by atoms with Crippen molar-refractivity contribution in [2.45, 2.75) is 25.4 Å². The summed E-state index contributed by atoms with van der Waals surface area (Å²) in [4.78, 5) is 18.9. The number of nitrogens with zero attached hydrogens (tertiary/aromatic N) is 4. The van der Waals surface area contributed by atoms with E-state index in [1.807, 2.05) is 36.4 Å². The molecule has 3 aromatic rings. The highest BCUT2D eigenvalue weighted by atomic mass is 79.9. The fourth-order valence-electron chi connectivity index (χ4n) is 3.32. The lowest BCUT2D eigenvalue weighted by molar-refractivity contribution is 0.0856. The van der Waals surface area contributed by atoms with Crippen LogP contribution in [0.4, 0.5) is 4.79 Å². The van der Waals surface area contributed by atoms with Gasteiger partial charge in [0.2, 0.25) is 0 Å². The van der Waals surface area contributed by atoms with E-state index in [-0.39, 0.29) is 18.6 Å². The average molecular weight is 450 g/mol. The SMILES string of the molecule is O=C(OCc1ccccc1)N1CCCC(c2cc(Cl)n3ncc(Br)c3n2)C1. The van der Waals surface area contributed by atoms with Crippen LogP contribution in [0.5, 0.6) is 0 Å². The van der Waals surface area contributed by atoms with Crippen molar-refractivity contribution in [3.8, 4) is 0 Å². The van der Waals surface area contributed by atoms with Crippen LogP contribution in [0.3, 0.4) is 0 Å². The van der Waals surface area contributed by atoms with Crippen LogP contribution < -0.4 is 0 Å². The van der Waals surface area contributed by atoms with E-state index in [0.717, 1.165) is 28.6 Å². The summed E-state index contributed by atoms with van der Waals surface area (Å²) in [6, 6.07) is 11.5. The molecule has 1 amide bonds. The number of halogens is 2. The molecule has 1 unspecified atom stereocenters. The normalized spacial score (nSPS) is 17.3. The Morgan fingerprint density at radius 2 is 2.15 bits per heavy atom. The fraction of sp³-hybridized carbons (Fsp3) is 0.316. The highest BCUT2D eigenvalue weighted by Gasteiger charge is 2.27. The van der Waals surface area contributed by atoms with E-state index in [2.05, 4.69) is 21.0 Å². The van der Waals surface area contributed by atoms with Gasteiger partial charge in [-0.25, -0.2) is 14.3 Å². The van der Waals surface area contributed by atoms with Crippen molar-refractivity contribution in [1.29, 1.82) is 0 Å². The Hall–Kier alpha value is -2.12. The van der Waals surface area contributed by atoms with Gasteiger partial charge in [0.05, 0.1) is 16.4 Å². The summed E-state index contributed by atoms with van der Waals surface area (Å²) < 4.78 is 7.85. The van der Waals surface area contributed by atoms with E-state index in [0.29, 0.717) is 23.9 Å². The second kappa shape index (κ2) is 7.86. The van der Waals surface area contributed by atoms with Gasteiger partial charge in [-0.1, -0.05) is 41.9 Å². The zero-order valence-electron chi connectivity index (χ0n) is 14.5. The molecule has 140 valence electrons. The first-order valence-electron chi connectivity index (χ1n) is 8.77. The van der Waals surface area contributed by atoms with E-state index >= 15 is 0 Å². The standard InChI is InChI=1S/C19H18BrClN4O2/c20-15-10-22-25-17(21)9-16(23-18(15)25)14-7-4-8-24(11-14)19(26)27-12-13-5-2-1-3-6-13/h1-3,5-6,9-10,14H,4,7-8,11-12H2. The number of amides is 1. The third-order valence-electron chi connectivity index (χ3n) is 4.71. The maximum absolute atomic E-state index is 12.5. The van der Waals surface area contributed by atoms with Crippen LogP contribution >= 0.6 is 27.5 Å². The molecule has 1 aliphatic heterocycles. The number of carbonyl (C=O) groups excluding carboxylic acids is 1. The van der Waals surface area contributed by atoms with Gasteiger partial charge in [-0.3, -0.25) is 0 Å². The number of benzene rings is 1. The minimum Gasteiger partial charge on any atom is -0.445 e. The van der Waals surface area contributed by atoms with Crippen LogP contribution in [0.1, 0.15) is 30.0 Å². The zero-order chi connectivity index (χ0) is 18.8. The monoisotopic (exact) mass is 448 g/mol. The van der Waals surface area contributed by atoms with Crippen molar-refractivity contribution in [2.75, 3.05) is 13.1 Å². The summed E-state index contributed by atoms with van der Waals surface area (Å²) in [5.74, 6) is 0.118. The molecule has 8 heteroatoms. The van der Waals surface area contributed by atoms with Crippen molar-refractivity contribution in [2.24, 2.45) is 0 Å². The summed E-state index contributed by atoms with van der Waals surface area (Å²) in [5, 5.41) is 4.70. The Morgan fingerprint density at radius 3 is 2.96 bits per heavy atom. The summed E-state index contributed by atoms with van der Waals surface area (Å²) >= 11 is 9.79. The molecule has 0 aliphatic carbocycles. The van der Waals surface area contributed by atoms with E-state index in [1.165, 1.54) is 0 Å². The van der Waals surface area contributed by atoms with Crippen LogP contribution in [0.2, 0.25) is 5.15 Å². The Bertz CT molecular complexity index is 963. The van der Waals surface area contributed by atoms with Crippen LogP contribution in [0.25, 0.3) is 5.65 Å². The first-order chi connectivity index (χ1) is 13.1. The van der Waals surface area contributed by atoms with Gasteiger partial charge < -0.3 is 9.64 Å². The summed E-state index contributed by atoms with van der Waals surface area (Å²) in [6.45, 7) is 1.54. The van der Waals surface area contributed by atoms with Crippen molar-refractivity contribution < 1.29 is 9.53 Å². The molecule has 2 aromatic heterocycles. The highest BCUT2D eigenvalue weighted by molar-refractivity contribution is 9.10. The average Bonchev–Trinajstić information content (AvgIpc) is 3.08. The number of carbonyl (C=O) groups is 1. The third-order valence-corrected chi connectivity index (χ3v) is 5.54. The minimum atomic E-state index is -0.290. The molecule has 0 radical (unpaired) electrons. The van der Waals surface area contributed by atoms with Crippen LogP contribution in [0, 0.1) is 0 Å². The Kier molecular flexibility index (Phi) is 5.31. The maximum Gasteiger partial charge on any atom is 0.410 e. The molecule has 1 fully saturated rings. The third kappa shape index (κ3) is 3.94. The second-order valence-corrected chi connectivity index (χ2v) is 7.80. The number of aromatic nitrogens is 3. The van der Waals surface area contributed by atoms with Crippen molar-refractivity contribution in [3.05, 3.63) is 63.5 Å². The van der Waals surface area contributed by atoms with Crippen LogP contribution in [-0.4, -0.2) is 38.7 Å². The van der Waals surface area contributed by atoms with Crippen molar-refractivity contribution >= 4 is 39.3 Å². The molecule has 0 spiro atoms. The number of ether oxygens (including phenoxy) is 1. The Balaban J connectivity index is 1.46. The molecule has 6 nitrogen and oxygen atoms in total. The molecule has 1 atom stereocenters. The van der Waals surface area contributed by atoms with E-state index < -0.39 is 0 Å². The minimum absolute atomic E-state index is 0.118. The lowest BCUT2D eigenvalue weighted by atomic mass is 9.95. The first-order valence-corrected chi connectivity index (χ1v) is 9.94. The molecule has 1 aliphatic rings. The number of likely N-dealkylation sites (tertiary alicyclic amines) is 1. The van der Waals surface area contributed by atoms with Gasteiger partial charge in [-0.15, -0.1) is 0 Å². The van der Waals surface area contributed by atoms with Crippen molar-refractivity contribution in [1.82, 2.24) is 19.5 Å². The largest absolute Gasteiger partial charge is 0.445 e. The molecule has 3 heterocycles.